The van der Waals surface area contributed by atoms with E-state index in [1.807, 2.05) is 41.8 Å². The number of hydrogen-bond acceptors (Lipinski definition) is 20. The van der Waals surface area contributed by atoms with Gasteiger partial charge in [0.1, 0.15) is 11.8 Å². The Morgan fingerprint density at radius 1 is 0.713 bits per heavy atom. The van der Waals surface area contributed by atoms with E-state index in [0.717, 1.165) is 62.1 Å². The minimum absolute atomic E-state index is 0.0373. The van der Waals surface area contributed by atoms with Crippen LogP contribution in [0.2, 0.25) is 5.02 Å². The molecule has 5 atom stereocenters. The van der Waals surface area contributed by atoms with Gasteiger partial charge in [-0.15, -0.1) is 5.10 Å². The first-order valence-corrected chi connectivity index (χ1v) is 32.7. The van der Waals surface area contributed by atoms with E-state index in [4.69, 9.17) is 73.5 Å². The SMILES string of the molecule is Cc1cc(C2CCC(N3C[C@H](C(=O)NCc4cn(CCOCCOCCOCCOCCOCCOCCOCCOCCOCCOCCOCCNC(=O)CCCC[C@@H]5SC[C@@H]6NC(=O)N[C@@H]65)nn4)OC[C@@H]3Cc3ccc(Cl)cc3)CC2)nn1C. The number of benzene rings is 1. The van der Waals surface area contributed by atoms with Crippen LogP contribution in [-0.2, 0) is 93.0 Å². The van der Waals surface area contributed by atoms with Gasteiger partial charge in [0.2, 0.25) is 5.91 Å². The molecule has 0 radical (unpaired) electrons. The number of thioether (sulfide) groups is 1. The van der Waals surface area contributed by atoms with E-state index in [0.29, 0.717) is 201 Å². The summed E-state index contributed by atoms with van der Waals surface area (Å²) in [5.41, 5.74) is 4.22. The number of nitrogens with one attached hydrogen (secondary N) is 4. The van der Waals surface area contributed by atoms with Crippen molar-refractivity contribution >= 4 is 41.2 Å². The molecule has 7 rings (SSSR count). The number of ether oxygens (including phenoxy) is 12. The summed E-state index contributed by atoms with van der Waals surface area (Å²) in [7, 11) is 2.00. The van der Waals surface area contributed by atoms with Gasteiger partial charge in [0.05, 0.1) is 189 Å². The second-order valence-electron chi connectivity index (χ2n) is 22.0. The number of aryl methyl sites for hydroxylation is 2. The second-order valence-corrected chi connectivity index (χ2v) is 23.7. The molecule has 3 aromatic rings. The highest BCUT2D eigenvalue weighted by Crippen LogP contribution is 2.37. The smallest absolute Gasteiger partial charge is 0.315 e. The van der Waals surface area contributed by atoms with Crippen LogP contribution in [0.15, 0.2) is 36.5 Å². The molecule has 27 heteroatoms. The molecule has 1 aromatic carbocycles. The Labute approximate surface area is 522 Å². The Morgan fingerprint density at radius 2 is 1.26 bits per heavy atom. The summed E-state index contributed by atoms with van der Waals surface area (Å²) in [6, 6.07) is 11.1. The number of urea groups is 1. The van der Waals surface area contributed by atoms with Gasteiger partial charge in [0.25, 0.3) is 5.91 Å². The third-order valence-electron chi connectivity index (χ3n) is 15.6. The number of halogens is 1. The van der Waals surface area contributed by atoms with Crippen molar-refractivity contribution in [1.82, 2.24) is 50.9 Å². The van der Waals surface area contributed by atoms with Crippen molar-refractivity contribution < 1.29 is 71.2 Å². The van der Waals surface area contributed by atoms with E-state index >= 15 is 0 Å². The van der Waals surface area contributed by atoms with E-state index in [9.17, 15) is 14.4 Å². The average Bonchev–Trinajstić information content (AvgIpc) is 3.73. The first-order chi connectivity index (χ1) is 42.7. The molecule has 87 heavy (non-hydrogen) atoms. The van der Waals surface area contributed by atoms with Crippen molar-refractivity contribution in [2.45, 2.75) is 119 Å². The van der Waals surface area contributed by atoms with Gasteiger partial charge >= 0.3 is 6.03 Å². The molecule has 3 saturated heterocycles. The van der Waals surface area contributed by atoms with Crippen LogP contribution in [0, 0.1) is 6.92 Å². The molecule has 4 fully saturated rings. The number of fused-ring (bicyclic) bond motifs is 1. The molecule has 2 aromatic heterocycles. The van der Waals surface area contributed by atoms with Crippen LogP contribution in [0.3, 0.4) is 0 Å². The standard InChI is InChI=1S/C60H97ClN10O15S/c1-46-39-53(67-69(46)2)48-9-13-51(14-10-48)71-43-55(86-44-52(71)40-47-7-11-49(61)12-8-47)59(73)63-41-50-42-70(68-66-50)16-18-76-20-22-78-24-26-80-28-30-82-32-34-84-36-38-85-37-35-83-33-31-81-29-27-79-25-23-77-21-19-75-17-15-62-57(72)6-4-3-5-56-58-54(45-87-56)64-60(74)65-58/h7-8,11-12,39,42,48,51-52,54-56,58H,3-6,9-10,13-38,40-41,43-45H2,1-2H3,(H,62,72)(H,63,73)(H2,64,65,74)/t48?,51?,52-,54-,55+,56-,58-/m0/s1. The molecule has 4 amide bonds. The molecule has 4 aliphatic rings. The summed E-state index contributed by atoms with van der Waals surface area (Å²) in [4.78, 5) is 39.7. The van der Waals surface area contributed by atoms with Gasteiger partial charge in [0.15, 0.2) is 0 Å². The number of rotatable bonds is 48. The lowest BCUT2D eigenvalue weighted by Gasteiger charge is -2.45. The summed E-state index contributed by atoms with van der Waals surface area (Å²) in [6.07, 6.45) is 9.61. The lowest BCUT2D eigenvalue weighted by atomic mass is 9.82. The molecule has 25 nitrogen and oxygen atoms in total. The fraction of sp³-hybridized carbons (Fsp3) is 0.767. The predicted molar refractivity (Wildman–Crippen MR) is 326 cm³/mol. The zero-order valence-corrected chi connectivity index (χ0v) is 52.8. The molecule has 0 bridgehead atoms. The van der Waals surface area contributed by atoms with Crippen LogP contribution in [0.5, 0.6) is 0 Å². The fourth-order valence-electron chi connectivity index (χ4n) is 10.8. The largest absolute Gasteiger partial charge is 0.377 e. The molecular weight excluding hydrogens is 1170 g/mol. The Kier molecular flexibility index (Phi) is 34.0. The Hall–Kier alpha value is -4.10. The van der Waals surface area contributed by atoms with E-state index < -0.39 is 6.10 Å². The lowest BCUT2D eigenvalue weighted by molar-refractivity contribution is -0.145. The third-order valence-corrected chi connectivity index (χ3v) is 17.4. The summed E-state index contributed by atoms with van der Waals surface area (Å²) in [5, 5.41) is 26.3. The van der Waals surface area contributed by atoms with Crippen LogP contribution in [-0.4, -0.2) is 254 Å². The van der Waals surface area contributed by atoms with Crippen molar-refractivity contribution in [2.75, 3.05) is 171 Å². The van der Waals surface area contributed by atoms with Crippen molar-refractivity contribution in [3.63, 3.8) is 0 Å². The van der Waals surface area contributed by atoms with E-state index in [1.54, 1.807) is 4.68 Å². The zero-order chi connectivity index (χ0) is 60.9. The Balaban J connectivity index is 0.560. The van der Waals surface area contributed by atoms with Gasteiger partial charge in [-0.1, -0.05) is 35.4 Å². The first kappa shape index (κ1) is 70.4. The summed E-state index contributed by atoms with van der Waals surface area (Å²) in [5.74, 6) is 1.30. The number of carbonyl (C=O) groups excluding carboxylic acids is 3. The number of aromatic nitrogens is 5. The number of carbonyl (C=O) groups is 3. The number of unbranched alkanes of at least 4 members (excludes halogenated alkanes) is 1. The second kappa shape index (κ2) is 42.1. The molecule has 5 heterocycles. The average molecular weight is 1270 g/mol. The van der Waals surface area contributed by atoms with Gasteiger partial charge in [-0.05, 0) is 75.6 Å². The van der Waals surface area contributed by atoms with Gasteiger partial charge in [-0.2, -0.15) is 16.9 Å². The molecule has 1 aliphatic carbocycles. The van der Waals surface area contributed by atoms with Crippen LogP contribution < -0.4 is 21.3 Å². The first-order valence-electron chi connectivity index (χ1n) is 31.3. The predicted octanol–water partition coefficient (Wildman–Crippen LogP) is 3.65. The quantitative estimate of drug-likeness (QED) is 0.0465. The molecule has 4 N–H and O–H groups in total. The minimum Gasteiger partial charge on any atom is -0.377 e. The van der Waals surface area contributed by atoms with E-state index in [2.05, 4.69) is 61.6 Å². The highest BCUT2D eigenvalue weighted by molar-refractivity contribution is 8.00. The highest BCUT2D eigenvalue weighted by atomic mass is 35.5. The Bertz CT molecular complexity index is 2340. The van der Waals surface area contributed by atoms with Crippen LogP contribution in [0.1, 0.15) is 79.9 Å². The van der Waals surface area contributed by atoms with Gasteiger partial charge in [-0.25, -0.2) is 9.48 Å². The molecule has 0 unspecified atom stereocenters. The van der Waals surface area contributed by atoms with Crippen molar-refractivity contribution in [1.29, 1.82) is 0 Å². The summed E-state index contributed by atoms with van der Waals surface area (Å²) < 4.78 is 71.2. The number of amides is 4. The van der Waals surface area contributed by atoms with Gasteiger partial charge in [0, 0.05) is 66.3 Å². The molecule has 490 valence electrons. The third kappa shape index (κ3) is 27.5. The summed E-state index contributed by atoms with van der Waals surface area (Å²) in [6.45, 7) is 14.5. The number of nitrogens with zero attached hydrogens (tertiary/aromatic N) is 6. The Morgan fingerprint density at radius 3 is 1.82 bits per heavy atom. The van der Waals surface area contributed by atoms with Gasteiger partial charge < -0.3 is 78.1 Å². The molecule has 3 aliphatic heterocycles. The van der Waals surface area contributed by atoms with Crippen molar-refractivity contribution in [2.24, 2.45) is 7.05 Å². The normalized spacial score (nSPS) is 21.3. The fourth-order valence-corrected chi connectivity index (χ4v) is 12.5. The highest BCUT2D eigenvalue weighted by Gasteiger charge is 2.43. The van der Waals surface area contributed by atoms with Crippen LogP contribution in [0.25, 0.3) is 0 Å². The summed E-state index contributed by atoms with van der Waals surface area (Å²) >= 11 is 8.10. The van der Waals surface area contributed by atoms with E-state index in [-0.39, 0.29) is 42.5 Å². The molecular formula is C60H97ClN10O15S. The zero-order valence-electron chi connectivity index (χ0n) is 51.3. The maximum atomic E-state index is 13.5. The molecule has 0 spiro atoms. The number of hydrogen-bond donors (Lipinski definition) is 4. The van der Waals surface area contributed by atoms with Crippen LogP contribution in [0.4, 0.5) is 4.79 Å². The monoisotopic (exact) mass is 1260 g/mol. The minimum atomic E-state index is -0.582. The number of morpholine rings is 1. The molecule has 1 saturated carbocycles. The lowest BCUT2D eigenvalue weighted by Crippen LogP contribution is -2.58. The topological polar surface area (TPSA) is 262 Å². The maximum absolute atomic E-state index is 13.5. The van der Waals surface area contributed by atoms with Crippen LogP contribution >= 0.6 is 23.4 Å². The van der Waals surface area contributed by atoms with E-state index in [1.165, 1.54) is 17.0 Å². The van der Waals surface area contributed by atoms with Gasteiger partial charge in [-0.3, -0.25) is 19.2 Å². The van der Waals surface area contributed by atoms with Crippen molar-refractivity contribution in [3.8, 4) is 0 Å². The maximum Gasteiger partial charge on any atom is 0.315 e. The van der Waals surface area contributed by atoms with Crippen molar-refractivity contribution in [3.05, 3.63) is 64.2 Å².